The van der Waals surface area contributed by atoms with Crippen molar-refractivity contribution in [1.29, 1.82) is 0 Å². The van der Waals surface area contributed by atoms with Crippen molar-refractivity contribution < 1.29 is 0 Å². The fourth-order valence-corrected chi connectivity index (χ4v) is 2.03. The fraction of sp³-hybridized carbons (Fsp3) is 0.583. The standard InChI is InChI=1S/C12H19N3/c1-10-4-5-13-11(8-10)15-7-6-14-12(2,3)9-15/h4-5,8,14H,6-7,9H2,1-3H3. The quantitative estimate of drug-likeness (QED) is 0.754. The van der Waals surface area contributed by atoms with Gasteiger partial charge in [-0.25, -0.2) is 4.98 Å². The van der Waals surface area contributed by atoms with Gasteiger partial charge in [-0.1, -0.05) is 0 Å². The van der Waals surface area contributed by atoms with Gasteiger partial charge in [0.25, 0.3) is 0 Å². The Hall–Kier alpha value is -1.09. The summed E-state index contributed by atoms with van der Waals surface area (Å²) in [6.45, 7) is 9.66. The van der Waals surface area contributed by atoms with Gasteiger partial charge in [0, 0.05) is 31.4 Å². The van der Waals surface area contributed by atoms with Crippen molar-refractivity contribution in [2.24, 2.45) is 0 Å². The summed E-state index contributed by atoms with van der Waals surface area (Å²) < 4.78 is 0. The van der Waals surface area contributed by atoms with Crippen LogP contribution < -0.4 is 10.2 Å². The summed E-state index contributed by atoms with van der Waals surface area (Å²) in [5.74, 6) is 1.10. The Morgan fingerprint density at radius 2 is 2.27 bits per heavy atom. The van der Waals surface area contributed by atoms with Crippen molar-refractivity contribution in [3.8, 4) is 0 Å². The van der Waals surface area contributed by atoms with Crippen LogP contribution in [-0.4, -0.2) is 30.2 Å². The Balaban J connectivity index is 2.17. The first-order valence-corrected chi connectivity index (χ1v) is 5.49. The lowest BCUT2D eigenvalue weighted by Gasteiger charge is -2.39. The number of anilines is 1. The molecule has 1 saturated heterocycles. The Bertz CT molecular complexity index is 346. The lowest BCUT2D eigenvalue weighted by Crippen LogP contribution is -2.57. The molecule has 0 radical (unpaired) electrons. The summed E-state index contributed by atoms with van der Waals surface area (Å²) in [6, 6.07) is 4.19. The van der Waals surface area contributed by atoms with Gasteiger partial charge < -0.3 is 10.2 Å². The van der Waals surface area contributed by atoms with Crippen LogP contribution in [0.15, 0.2) is 18.3 Å². The molecular weight excluding hydrogens is 186 g/mol. The molecule has 0 spiro atoms. The summed E-state index contributed by atoms with van der Waals surface area (Å²) in [5.41, 5.74) is 1.46. The van der Waals surface area contributed by atoms with Crippen molar-refractivity contribution in [2.75, 3.05) is 24.5 Å². The number of piperazine rings is 1. The maximum atomic E-state index is 4.43. The lowest BCUT2D eigenvalue weighted by molar-refractivity contribution is 0.352. The third kappa shape index (κ3) is 2.48. The fourth-order valence-electron chi connectivity index (χ4n) is 2.03. The topological polar surface area (TPSA) is 28.2 Å². The summed E-state index contributed by atoms with van der Waals surface area (Å²) in [4.78, 5) is 6.78. The molecule has 2 rings (SSSR count). The number of aryl methyl sites for hydroxylation is 1. The van der Waals surface area contributed by atoms with Crippen molar-refractivity contribution in [3.63, 3.8) is 0 Å². The van der Waals surface area contributed by atoms with Crippen LogP contribution in [-0.2, 0) is 0 Å². The summed E-state index contributed by atoms with van der Waals surface area (Å²) in [6.07, 6.45) is 1.89. The van der Waals surface area contributed by atoms with Crippen molar-refractivity contribution in [3.05, 3.63) is 23.9 Å². The molecular formula is C12H19N3. The molecule has 2 heterocycles. The van der Waals surface area contributed by atoms with Crippen LogP contribution in [0.4, 0.5) is 5.82 Å². The van der Waals surface area contributed by atoms with Crippen LogP contribution in [0, 0.1) is 6.92 Å². The number of aromatic nitrogens is 1. The minimum atomic E-state index is 0.184. The number of hydrogen-bond donors (Lipinski definition) is 1. The second-order valence-corrected chi connectivity index (χ2v) is 4.92. The Morgan fingerprint density at radius 1 is 1.47 bits per heavy atom. The molecule has 1 aromatic heterocycles. The second-order valence-electron chi connectivity index (χ2n) is 4.92. The number of nitrogens with zero attached hydrogens (tertiary/aromatic N) is 2. The van der Waals surface area contributed by atoms with E-state index in [0.717, 1.165) is 25.5 Å². The third-order valence-electron chi connectivity index (χ3n) is 2.80. The lowest BCUT2D eigenvalue weighted by atomic mass is 10.0. The predicted octanol–water partition coefficient (Wildman–Crippen LogP) is 1.58. The number of hydrogen-bond acceptors (Lipinski definition) is 3. The highest BCUT2D eigenvalue weighted by Gasteiger charge is 2.26. The number of pyridine rings is 1. The van der Waals surface area contributed by atoms with E-state index in [4.69, 9.17) is 0 Å². The van der Waals surface area contributed by atoms with Crippen molar-refractivity contribution in [1.82, 2.24) is 10.3 Å². The zero-order chi connectivity index (χ0) is 10.9. The molecule has 3 heteroatoms. The smallest absolute Gasteiger partial charge is 0.128 e. The van der Waals surface area contributed by atoms with Gasteiger partial charge >= 0.3 is 0 Å². The van der Waals surface area contributed by atoms with Crippen LogP contribution >= 0.6 is 0 Å². The Labute approximate surface area is 91.5 Å². The molecule has 1 aliphatic heterocycles. The first-order valence-electron chi connectivity index (χ1n) is 5.49. The van der Waals surface area contributed by atoms with E-state index >= 15 is 0 Å². The van der Waals surface area contributed by atoms with Crippen LogP contribution in [0.2, 0.25) is 0 Å². The molecule has 0 unspecified atom stereocenters. The number of nitrogens with one attached hydrogen (secondary N) is 1. The molecule has 1 N–H and O–H groups in total. The molecule has 82 valence electrons. The molecule has 0 aromatic carbocycles. The van der Waals surface area contributed by atoms with Crippen LogP contribution in [0.1, 0.15) is 19.4 Å². The Kier molecular flexibility index (Phi) is 2.65. The predicted molar refractivity (Wildman–Crippen MR) is 63.3 cm³/mol. The molecule has 0 aliphatic carbocycles. The van der Waals surface area contributed by atoms with Gasteiger partial charge in [0.05, 0.1) is 0 Å². The second kappa shape index (κ2) is 3.81. The molecule has 0 amide bonds. The molecule has 3 nitrogen and oxygen atoms in total. The minimum absolute atomic E-state index is 0.184. The van der Waals surface area contributed by atoms with E-state index < -0.39 is 0 Å². The SMILES string of the molecule is Cc1ccnc(N2CCNC(C)(C)C2)c1. The van der Waals surface area contributed by atoms with Crippen molar-refractivity contribution in [2.45, 2.75) is 26.3 Å². The minimum Gasteiger partial charge on any atom is -0.354 e. The average molecular weight is 205 g/mol. The van der Waals surface area contributed by atoms with Gasteiger partial charge in [-0.3, -0.25) is 0 Å². The molecule has 0 saturated carbocycles. The van der Waals surface area contributed by atoms with Gasteiger partial charge in [0.2, 0.25) is 0 Å². The maximum Gasteiger partial charge on any atom is 0.128 e. The molecule has 1 fully saturated rings. The number of rotatable bonds is 1. The van der Waals surface area contributed by atoms with E-state index in [1.165, 1.54) is 5.56 Å². The molecule has 1 aromatic rings. The van der Waals surface area contributed by atoms with Crippen LogP contribution in [0.5, 0.6) is 0 Å². The molecule has 1 aliphatic rings. The highest BCUT2D eigenvalue weighted by molar-refractivity contribution is 5.41. The summed E-state index contributed by atoms with van der Waals surface area (Å²) in [7, 11) is 0. The zero-order valence-electron chi connectivity index (χ0n) is 9.75. The van der Waals surface area contributed by atoms with E-state index in [1.54, 1.807) is 0 Å². The molecule has 15 heavy (non-hydrogen) atoms. The molecule has 0 atom stereocenters. The highest BCUT2D eigenvalue weighted by atomic mass is 15.3. The van der Waals surface area contributed by atoms with E-state index in [2.05, 4.69) is 42.0 Å². The first kappa shape index (κ1) is 10.4. The van der Waals surface area contributed by atoms with Crippen molar-refractivity contribution >= 4 is 5.82 Å². The summed E-state index contributed by atoms with van der Waals surface area (Å²) in [5, 5.41) is 3.50. The van der Waals surface area contributed by atoms with Gasteiger partial charge in [0.1, 0.15) is 5.82 Å². The first-order chi connectivity index (χ1) is 7.07. The molecule has 0 bridgehead atoms. The maximum absolute atomic E-state index is 4.43. The average Bonchev–Trinajstić information content (AvgIpc) is 2.16. The monoisotopic (exact) mass is 205 g/mol. The van der Waals surface area contributed by atoms with Gasteiger partial charge in [0.15, 0.2) is 0 Å². The van der Waals surface area contributed by atoms with Gasteiger partial charge in [-0.15, -0.1) is 0 Å². The van der Waals surface area contributed by atoms with E-state index in [0.29, 0.717) is 0 Å². The van der Waals surface area contributed by atoms with E-state index in [-0.39, 0.29) is 5.54 Å². The van der Waals surface area contributed by atoms with Gasteiger partial charge in [-0.05, 0) is 38.5 Å². The normalized spacial score (nSPS) is 20.3. The zero-order valence-corrected chi connectivity index (χ0v) is 9.75. The highest BCUT2D eigenvalue weighted by Crippen LogP contribution is 2.18. The van der Waals surface area contributed by atoms with E-state index in [1.807, 2.05) is 12.3 Å². The summed E-state index contributed by atoms with van der Waals surface area (Å²) >= 11 is 0. The van der Waals surface area contributed by atoms with Crippen LogP contribution in [0.25, 0.3) is 0 Å². The largest absolute Gasteiger partial charge is 0.354 e. The van der Waals surface area contributed by atoms with E-state index in [9.17, 15) is 0 Å². The van der Waals surface area contributed by atoms with Crippen LogP contribution in [0.3, 0.4) is 0 Å². The Morgan fingerprint density at radius 3 is 2.93 bits per heavy atom. The third-order valence-corrected chi connectivity index (χ3v) is 2.80. The van der Waals surface area contributed by atoms with Gasteiger partial charge in [-0.2, -0.15) is 0 Å².